The summed E-state index contributed by atoms with van der Waals surface area (Å²) >= 11 is 0. The highest BCUT2D eigenvalue weighted by Gasteiger charge is 2.31. The molecule has 0 aromatic heterocycles. The zero-order valence-corrected chi connectivity index (χ0v) is 17.2. The number of rotatable bonds is 5. The molecule has 0 fully saturated rings. The molecule has 0 amide bonds. The number of fused-ring (bicyclic) bond motifs is 1. The van der Waals surface area contributed by atoms with Crippen LogP contribution in [0.5, 0.6) is 17.2 Å². The molecule has 0 spiro atoms. The second kappa shape index (κ2) is 8.82. The minimum atomic E-state index is -0.636. The maximum absolute atomic E-state index is 13.1. The molecule has 1 heterocycles. The first-order valence-corrected chi connectivity index (χ1v) is 9.92. The van der Waals surface area contributed by atoms with Crippen LogP contribution in [0.1, 0.15) is 34.3 Å². The Morgan fingerprint density at radius 3 is 2.62 bits per heavy atom. The number of ether oxygens (including phenoxy) is 3. The van der Waals surface area contributed by atoms with E-state index in [1.807, 2.05) is 31.2 Å². The van der Waals surface area contributed by atoms with Gasteiger partial charge in [0.1, 0.15) is 34.7 Å². The van der Waals surface area contributed by atoms with Crippen LogP contribution in [-0.4, -0.2) is 12.6 Å². The molecule has 0 radical (unpaired) electrons. The summed E-state index contributed by atoms with van der Waals surface area (Å²) in [5, 5.41) is 9.72. The fraction of sp³-hybridized carbons (Fsp3) is 0.120. The van der Waals surface area contributed by atoms with Crippen LogP contribution in [0.15, 0.2) is 78.2 Å². The predicted octanol–water partition coefficient (Wildman–Crippen LogP) is 4.66. The Kier molecular flexibility index (Phi) is 5.77. The van der Waals surface area contributed by atoms with Crippen LogP contribution in [0, 0.1) is 17.1 Å². The first-order valence-electron chi connectivity index (χ1n) is 9.92. The van der Waals surface area contributed by atoms with Gasteiger partial charge in [-0.15, -0.1) is 0 Å². The first-order chi connectivity index (χ1) is 15.5. The number of benzene rings is 3. The molecular weight excluding hydrogens is 411 g/mol. The third kappa shape index (κ3) is 4.12. The van der Waals surface area contributed by atoms with E-state index in [0.717, 1.165) is 5.56 Å². The van der Waals surface area contributed by atoms with E-state index in [2.05, 4.69) is 6.07 Å². The average Bonchev–Trinajstić information content (AvgIpc) is 2.79. The third-order valence-corrected chi connectivity index (χ3v) is 4.98. The van der Waals surface area contributed by atoms with Crippen LogP contribution >= 0.6 is 0 Å². The average molecular weight is 430 g/mol. The van der Waals surface area contributed by atoms with Crippen LogP contribution in [0.25, 0.3) is 0 Å². The summed E-state index contributed by atoms with van der Waals surface area (Å²) in [6.07, 6.45) is 0. The number of carbonyl (C=O) groups is 1. The second-order valence-electron chi connectivity index (χ2n) is 7.03. The minimum Gasteiger partial charge on any atom is -0.494 e. The van der Waals surface area contributed by atoms with Crippen molar-refractivity contribution in [1.29, 1.82) is 5.26 Å². The highest BCUT2D eigenvalue weighted by molar-refractivity contribution is 5.91. The van der Waals surface area contributed by atoms with Crippen molar-refractivity contribution in [2.45, 2.75) is 12.8 Å². The molecule has 32 heavy (non-hydrogen) atoms. The smallest absolute Gasteiger partial charge is 0.343 e. The lowest BCUT2D eigenvalue weighted by atomic mass is 9.83. The molecule has 4 rings (SSSR count). The maximum Gasteiger partial charge on any atom is 0.343 e. The minimum absolute atomic E-state index is 0.0196. The molecule has 0 saturated heterocycles. The van der Waals surface area contributed by atoms with Crippen molar-refractivity contribution < 1.29 is 23.4 Å². The van der Waals surface area contributed by atoms with Gasteiger partial charge in [0, 0.05) is 11.6 Å². The molecule has 1 unspecified atom stereocenters. The number of carbonyl (C=O) groups excluding carboxylic acids is 1. The van der Waals surface area contributed by atoms with Crippen molar-refractivity contribution in [3.63, 3.8) is 0 Å². The van der Waals surface area contributed by atoms with Gasteiger partial charge in [0.05, 0.1) is 18.1 Å². The molecular formula is C25H19FN2O4. The standard InChI is InChI=1S/C25H19FN2O4/c1-2-30-18-5-3-4-16(12-18)23-20-11-10-19(13-22(20)32-24(28)21(23)14-27)31-25(29)15-6-8-17(26)9-7-15/h3-13,23H,2,28H2,1H3. The predicted molar refractivity (Wildman–Crippen MR) is 115 cm³/mol. The number of allylic oxidation sites excluding steroid dienone is 1. The van der Waals surface area contributed by atoms with Gasteiger partial charge in [-0.05, 0) is 55.0 Å². The normalized spacial score (nSPS) is 14.7. The van der Waals surface area contributed by atoms with Crippen LogP contribution in [0.2, 0.25) is 0 Å². The molecule has 1 aliphatic heterocycles. The van der Waals surface area contributed by atoms with Crippen molar-refractivity contribution in [1.82, 2.24) is 0 Å². The summed E-state index contributed by atoms with van der Waals surface area (Å²) in [7, 11) is 0. The van der Waals surface area contributed by atoms with E-state index < -0.39 is 17.7 Å². The summed E-state index contributed by atoms with van der Waals surface area (Å²) < 4.78 is 29.8. The molecule has 6 nitrogen and oxygen atoms in total. The number of nitrogens with two attached hydrogens (primary N) is 1. The van der Waals surface area contributed by atoms with Gasteiger partial charge in [-0.25, -0.2) is 9.18 Å². The van der Waals surface area contributed by atoms with Crippen LogP contribution in [-0.2, 0) is 0 Å². The van der Waals surface area contributed by atoms with Crippen molar-refractivity contribution in [2.75, 3.05) is 6.61 Å². The summed E-state index contributed by atoms with van der Waals surface area (Å²) in [5.41, 5.74) is 8.05. The number of esters is 1. The summed E-state index contributed by atoms with van der Waals surface area (Å²) in [6.45, 7) is 2.41. The summed E-state index contributed by atoms with van der Waals surface area (Å²) in [6, 6.07) is 19.5. The quantitative estimate of drug-likeness (QED) is 0.467. The fourth-order valence-corrected chi connectivity index (χ4v) is 3.54. The number of hydrogen-bond acceptors (Lipinski definition) is 6. The van der Waals surface area contributed by atoms with E-state index in [-0.39, 0.29) is 22.8 Å². The highest BCUT2D eigenvalue weighted by Crippen LogP contribution is 2.44. The Labute approximate surface area is 184 Å². The molecule has 1 aliphatic rings. The molecule has 160 valence electrons. The summed E-state index contributed by atoms with van der Waals surface area (Å²) in [5.74, 6) is -0.286. The summed E-state index contributed by atoms with van der Waals surface area (Å²) in [4.78, 5) is 12.4. The molecule has 3 aromatic rings. The van der Waals surface area contributed by atoms with E-state index in [1.165, 1.54) is 30.3 Å². The van der Waals surface area contributed by atoms with Crippen molar-refractivity contribution in [3.8, 4) is 23.3 Å². The van der Waals surface area contributed by atoms with Gasteiger partial charge in [-0.3, -0.25) is 0 Å². The lowest BCUT2D eigenvalue weighted by Crippen LogP contribution is -2.21. The van der Waals surface area contributed by atoms with E-state index in [0.29, 0.717) is 23.7 Å². The number of nitrogens with zero attached hydrogens (tertiary/aromatic N) is 1. The lowest BCUT2D eigenvalue weighted by molar-refractivity contribution is 0.0734. The Balaban J connectivity index is 1.68. The third-order valence-electron chi connectivity index (χ3n) is 4.98. The van der Waals surface area contributed by atoms with Gasteiger partial charge in [0.15, 0.2) is 0 Å². The molecule has 1 atom stereocenters. The molecule has 2 N–H and O–H groups in total. The van der Waals surface area contributed by atoms with E-state index in [4.69, 9.17) is 19.9 Å². The molecule has 3 aromatic carbocycles. The number of halogens is 1. The largest absolute Gasteiger partial charge is 0.494 e. The van der Waals surface area contributed by atoms with Crippen LogP contribution in [0.4, 0.5) is 4.39 Å². The van der Waals surface area contributed by atoms with Crippen molar-refractivity contribution in [3.05, 3.63) is 101 Å². The van der Waals surface area contributed by atoms with Gasteiger partial charge in [-0.2, -0.15) is 5.26 Å². The zero-order valence-electron chi connectivity index (χ0n) is 17.2. The van der Waals surface area contributed by atoms with E-state index in [9.17, 15) is 14.4 Å². The van der Waals surface area contributed by atoms with Crippen LogP contribution in [0.3, 0.4) is 0 Å². The second-order valence-corrected chi connectivity index (χ2v) is 7.03. The highest BCUT2D eigenvalue weighted by atomic mass is 19.1. The van der Waals surface area contributed by atoms with Gasteiger partial charge in [-0.1, -0.05) is 18.2 Å². The molecule has 0 saturated carbocycles. The number of nitriles is 1. The van der Waals surface area contributed by atoms with Gasteiger partial charge in [0.2, 0.25) is 5.88 Å². The van der Waals surface area contributed by atoms with Gasteiger partial charge >= 0.3 is 5.97 Å². The fourth-order valence-electron chi connectivity index (χ4n) is 3.54. The Bertz CT molecular complexity index is 1250. The molecule has 0 aliphatic carbocycles. The number of hydrogen-bond donors (Lipinski definition) is 1. The Hall–Kier alpha value is -4.31. The topological polar surface area (TPSA) is 94.6 Å². The molecule has 0 bridgehead atoms. The van der Waals surface area contributed by atoms with Gasteiger partial charge < -0.3 is 19.9 Å². The Morgan fingerprint density at radius 2 is 1.91 bits per heavy atom. The van der Waals surface area contributed by atoms with Crippen molar-refractivity contribution >= 4 is 5.97 Å². The van der Waals surface area contributed by atoms with E-state index in [1.54, 1.807) is 12.1 Å². The Morgan fingerprint density at radius 1 is 1.12 bits per heavy atom. The van der Waals surface area contributed by atoms with E-state index >= 15 is 0 Å². The SMILES string of the molecule is CCOc1cccc(C2C(C#N)=C(N)Oc3cc(OC(=O)c4ccc(F)cc4)ccc32)c1. The first kappa shape index (κ1) is 20.9. The van der Waals surface area contributed by atoms with Crippen molar-refractivity contribution in [2.24, 2.45) is 5.73 Å². The van der Waals surface area contributed by atoms with Crippen LogP contribution < -0.4 is 19.9 Å². The molecule has 7 heteroatoms. The van der Waals surface area contributed by atoms with Gasteiger partial charge in [0.25, 0.3) is 0 Å². The maximum atomic E-state index is 13.1. The lowest BCUT2D eigenvalue weighted by Gasteiger charge is -2.27. The monoisotopic (exact) mass is 430 g/mol. The zero-order chi connectivity index (χ0) is 22.7.